The summed E-state index contributed by atoms with van der Waals surface area (Å²) in [6.07, 6.45) is 4.18. The van der Waals surface area contributed by atoms with Crippen LogP contribution >= 0.6 is 0 Å². The third-order valence-corrected chi connectivity index (χ3v) is 4.64. The first-order chi connectivity index (χ1) is 12.0. The number of nitrogens with zero attached hydrogens (tertiary/aromatic N) is 3. The largest absolute Gasteiger partial charge is 0.352 e. The van der Waals surface area contributed by atoms with Crippen molar-refractivity contribution in [3.05, 3.63) is 58.1 Å². The average Bonchev–Trinajstić information content (AvgIpc) is 2.61. The second-order valence-electron chi connectivity index (χ2n) is 6.28. The van der Waals surface area contributed by atoms with Crippen LogP contribution in [0.3, 0.4) is 0 Å². The van der Waals surface area contributed by atoms with E-state index in [9.17, 15) is 18.4 Å². The molecule has 0 amide bonds. The predicted molar refractivity (Wildman–Crippen MR) is 89.5 cm³/mol. The average molecular weight is 347 g/mol. The molecular formula is C18H19F2N3O2. The van der Waals surface area contributed by atoms with Gasteiger partial charge in [0.2, 0.25) is 0 Å². The lowest BCUT2D eigenvalue weighted by Crippen LogP contribution is -2.40. The van der Waals surface area contributed by atoms with E-state index in [-0.39, 0.29) is 29.2 Å². The lowest BCUT2D eigenvalue weighted by molar-refractivity contribution is -0.122. The van der Waals surface area contributed by atoms with Crippen LogP contribution in [-0.2, 0) is 18.3 Å². The number of piperidine rings is 1. The summed E-state index contributed by atoms with van der Waals surface area (Å²) in [6.45, 7) is 1.07. The lowest BCUT2D eigenvalue weighted by atomic mass is 9.89. The Labute approximate surface area is 143 Å². The van der Waals surface area contributed by atoms with Crippen LogP contribution in [-0.4, -0.2) is 28.4 Å². The monoisotopic (exact) mass is 347 g/mol. The Kier molecular flexibility index (Phi) is 4.92. The van der Waals surface area contributed by atoms with E-state index < -0.39 is 11.6 Å². The number of aryl methyl sites for hydroxylation is 1. The molecule has 1 aromatic heterocycles. The number of hydrogen-bond acceptors (Lipinski definition) is 4. The van der Waals surface area contributed by atoms with Crippen molar-refractivity contribution in [2.75, 3.05) is 18.0 Å². The number of anilines is 1. The molecule has 0 atom stereocenters. The van der Waals surface area contributed by atoms with E-state index in [0.717, 1.165) is 6.07 Å². The van der Waals surface area contributed by atoms with Crippen LogP contribution in [0.25, 0.3) is 0 Å². The summed E-state index contributed by atoms with van der Waals surface area (Å²) >= 11 is 0. The molecule has 1 fully saturated rings. The van der Waals surface area contributed by atoms with Gasteiger partial charge in [0.1, 0.15) is 5.78 Å². The highest BCUT2D eigenvalue weighted by Crippen LogP contribution is 2.23. The summed E-state index contributed by atoms with van der Waals surface area (Å²) < 4.78 is 28.4. The molecular weight excluding hydrogens is 328 g/mol. The first kappa shape index (κ1) is 17.3. The number of carbonyl (C=O) groups excluding carboxylic acids is 1. The van der Waals surface area contributed by atoms with Crippen molar-refractivity contribution >= 4 is 11.6 Å². The molecule has 0 saturated carbocycles. The second-order valence-corrected chi connectivity index (χ2v) is 6.28. The van der Waals surface area contributed by atoms with Crippen molar-refractivity contribution in [1.29, 1.82) is 0 Å². The van der Waals surface area contributed by atoms with Crippen molar-refractivity contribution in [3.8, 4) is 0 Å². The van der Waals surface area contributed by atoms with Gasteiger partial charge in [-0.15, -0.1) is 0 Å². The van der Waals surface area contributed by atoms with E-state index in [4.69, 9.17) is 0 Å². The maximum Gasteiger partial charge on any atom is 0.293 e. The first-order valence-electron chi connectivity index (χ1n) is 8.19. The van der Waals surface area contributed by atoms with Crippen LogP contribution in [0.15, 0.2) is 35.4 Å². The molecule has 5 nitrogen and oxygen atoms in total. The maximum absolute atomic E-state index is 13.7. The molecule has 1 aliphatic heterocycles. The Morgan fingerprint density at radius 2 is 2.00 bits per heavy atom. The summed E-state index contributed by atoms with van der Waals surface area (Å²) in [4.78, 5) is 30.5. The summed E-state index contributed by atoms with van der Waals surface area (Å²) in [5, 5.41) is 0. The maximum atomic E-state index is 13.7. The zero-order valence-electron chi connectivity index (χ0n) is 13.9. The van der Waals surface area contributed by atoms with E-state index in [1.165, 1.54) is 16.7 Å². The van der Waals surface area contributed by atoms with Crippen molar-refractivity contribution < 1.29 is 13.6 Å². The van der Waals surface area contributed by atoms with Crippen molar-refractivity contribution in [2.45, 2.75) is 19.3 Å². The van der Waals surface area contributed by atoms with Crippen molar-refractivity contribution in [3.63, 3.8) is 0 Å². The molecule has 132 valence electrons. The highest BCUT2D eigenvalue weighted by Gasteiger charge is 2.27. The van der Waals surface area contributed by atoms with Crippen LogP contribution < -0.4 is 10.5 Å². The number of ketones is 1. The molecule has 7 heteroatoms. The smallest absolute Gasteiger partial charge is 0.293 e. The van der Waals surface area contributed by atoms with E-state index in [1.807, 2.05) is 4.90 Å². The van der Waals surface area contributed by atoms with Gasteiger partial charge in [0.15, 0.2) is 17.5 Å². The highest BCUT2D eigenvalue weighted by atomic mass is 19.2. The number of halogens is 2. The van der Waals surface area contributed by atoms with Crippen LogP contribution in [0.4, 0.5) is 14.6 Å². The van der Waals surface area contributed by atoms with Gasteiger partial charge in [0, 0.05) is 44.9 Å². The summed E-state index contributed by atoms with van der Waals surface area (Å²) in [6, 6.07) is 3.87. The third kappa shape index (κ3) is 3.60. The lowest BCUT2D eigenvalue weighted by Gasteiger charge is -2.31. The zero-order valence-corrected chi connectivity index (χ0v) is 13.9. The Morgan fingerprint density at radius 3 is 2.72 bits per heavy atom. The van der Waals surface area contributed by atoms with Gasteiger partial charge in [-0.05, 0) is 24.5 Å². The molecule has 0 N–H and O–H groups in total. The predicted octanol–water partition coefficient (Wildman–Crippen LogP) is 2.09. The molecule has 3 rings (SSSR count). The normalized spacial score (nSPS) is 15.4. The quantitative estimate of drug-likeness (QED) is 0.850. The number of benzene rings is 1. The SMILES string of the molecule is Cn1ccnc(N2CCC(C(=O)Cc3cccc(F)c3F)CC2)c1=O. The Hall–Kier alpha value is -2.57. The third-order valence-electron chi connectivity index (χ3n) is 4.64. The van der Waals surface area contributed by atoms with E-state index >= 15 is 0 Å². The fraction of sp³-hybridized carbons (Fsp3) is 0.389. The summed E-state index contributed by atoms with van der Waals surface area (Å²) in [5.74, 6) is -1.83. The van der Waals surface area contributed by atoms with E-state index in [2.05, 4.69) is 4.98 Å². The molecule has 0 radical (unpaired) electrons. The minimum atomic E-state index is -0.953. The molecule has 0 aliphatic carbocycles. The fourth-order valence-corrected chi connectivity index (χ4v) is 3.13. The molecule has 0 spiro atoms. The van der Waals surface area contributed by atoms with Gasteiger partial charge in [0.25, 0.3) is 5.56 Å². The molecule has 2 aromatic rings. The topological polar surface area (TPSA) is 55.2 Å². The summed E-state index contributed by atoms with van der Waals surface area (Å²) in [7, 11) is 1.66. The van der Waals surface area contributed by atoms with Gasteiger partial charge >= 0.3 is 0 Å². The second kappa shape index (κ2) is 7.13. The minimum absolute atomic E-state index is 0.0889. The van der Waals surface area contributed by atoms with Crippen molar-refractivity contribution in [2.24, 2.45) is 13.0 Å². The van der Waals surface area contributed by atoms with E-state index in [0.29, 0.717) is 31.7 Å². The van der Waals surface area contributed by atoms with Gasteiger partial charge in [-0.25, -0.2) is 13.8 Å². The minimum Gasteiger partial charge on any atom is -0.352 e. The van der Waals surface area contributed by atoms with Crippen LogP contribution in [0, 0.1) is 17.6 Å². The Bertz CT molecular complexity index is 842. The van der Waals surface area contributed by atoms with Gasteiger partial charge in [0.05, 0.1) is 0 Å². The highest BCUT2D eigenvalue weighted by molar-refractivity contribution is 5.83. The number of aromatic nitrogens is 2. The number of carbonyl (C=O) groups is 1. The standard InChI is InChI=1S/C18H19F2N3O2/c1-22-10-7-21-17(18(22)25)23-8-5-12(6-9-23)15(24)11-13-3-2-4-14(19)16(13)20/h2-4,7,10,12H,5-6,8-9,11H2,1H3. The Morgan fingerprint density at radius 1 is 1.28 bits per heavy atom. The van der Waals surface area contributed by atoms with Crippen molar-refractivity contribution in [1.82, 2.24) is 9.55 Å². The molecule has 1 saturated heterocycles. The molecule has 0 unspecified atom stereocenters. The van der Waals surface area contributed by atoms with Gasteiger partial charge in [-0.1, -0.05) is 12.1 Å². The molecule has 0 bridgehead atoms. The fourth-order valence-electron chi connectivity index (χ4n) is 3.13. The van der Waals surface area contributed by atoms with Crippen LogP contribution in [0.5, 0.6) is 0 Å². The molecule has 2 heterocycles. The number of Topliss-reactive ketones (excluding diaryl/α,β-unsaturated/α-hetero) is 1. The van der Waals surface area contributed by atoms with Gasteiger partial charge < -0.3 is 9.47 Å². The molecule has 1 aromatic carbocycles. The van der Waals surface area contributed by atoms with Crippen LogP contribution in [0.2, 0.25) is 0 Å². The zero-order chi connectivity index (χ0) is 18.0. The van der Waals surface area contributed by atoms with Crippen LogP contribution in [0.1, 0.15) is 18.4 Å². The van der Waals surface area contributed by atoms with Gasteiger partial charge in [-0.3, -0.25) is 9.59 Å². The summed E-state index contributed by atoms with van der Waals surface area (Å²) in [5.41, 5.74) is -0.0832. The molecule has 1 aliphatic rings. The molecule has 25 heavy (non-hydrogen) atoms. The van der Waals surface area contributed by atoms with E-state index in [1.54, 1.807) is 19.4 Å². The number of rotatable bonds is 4. The van der Waals surface area contributed by atoms with Gasteiger partial charge in [-0.2, -0.15) is 0 Å². The first-order valence-corrected chi connectivity index (χ1v) is 8.19. The Balaban J connectivity index is 1.64. The number of hydrogen-bond donors (Lipinski definition) is 0.